The molecular weight excluding hydrogens is 248 g/mol. The summed E-state index contributed by atoms with van der Waals surface area (Å²) in [6.45, 7) is 5.64. The van der Waals surface area contributed by atoms with Crippen LogP contribution >= 0.6 is 11.6 Å². The van der Waals surface area contributed by atoms with Crippen LogP contribution in [0.25, 0.3) is 0 Å². The lowest BCUT2D eigenvalue weighted by Crippen LogP contribution is -2.52. The van der Waals surface area contributed by atoms with Gasteiger partial charge in [-0.2, -0.15) is 0 Å². The molecule has 1 aromatic rings. The molecule has 0 aliphatic carbocycles. The zero-order valence-electron chi connectivity index (χ0n) is 11.4. The van der Waals surface area contributed by atoms with Crippen molar-refractivity contribution in [2.75, 3.05) is 7.05 Å². The van der Waals surface area contributed by atoms with Crippen LogP contribution in [0.4, 0.5) is 0 Å². The third-order valence-electron chi connectivity index (χ3n) is 3.46. The molecule has 0 spiro atoms. The maximum Gasteiger partial charge on any atom is 0.242 e. The molecule has 0 aliphatic rings. The molecule has 0 aliphatic heterocycles. The summed E-state index contributed by atoms with van der Waals surface area (Å²) in [6, 6.07) is 7.48. The molecule has 0 bridgehead atoms. The lowest BCUT2D eigenvalue weighted by Gasteiger charge is -2.32. The van der Waals surface area contributed by atoms with Crippen molar-refractivity contribution in [3.63, 3.8) is 0 Å². The summed E-state index contributed by atoms with van der Waals surface area (Å²) in [4.78, 5) is 13.9. The third kappa shape index (κ3) is 3.24. The van der Waals surface area contributed by atoms with Crippen LogP contribution in [0, 0.1) is 0 Å². The average molecular weight is 269 g/mol. The Bertz CT molecular complexity index is 432. The van der Waals surface area contributed by atoms with Crippen molar-refractivity contribution >= 4 is 17.5 Å². The van der Waals surface area contributed by atoms with Crippen LogP contribution in [-0.2, 0) is 4.79 Å². The number of benzene rings is 1. The minimum absolute atomic E-state index is 0.0503. The van der Waals surface area contributed by atoms with Gasteiger partial charge in [0, 0.05) is 12.1 Å². The molecule has 1 aromatic carbocycles. The topological polar surface area (TPSA) is 46.3 Å². The summed E-state index contributed by atoms with van der Waals surface area (Å²) >= 11 is 5.96. The van der Waals surface area contributed by atoms with E-state index in [0.717, 1.165) is 5.56 Å². The maximum atomic E-state index is 12.3. The van der Waals surface area contributed by atoms with E-state index in [1.54, 1.807) is 18.9 Å². The second kappa shape index (κ2) is 5.72. The molecule has 1 amide bonds. The highest BCUT2D eigenvalue weighted by Gasteiger charge is 2.31. The van der Waals surface area contributed by atoms with Gasteiger partial charge in [0.15, 0.2) is 0 Å². The van der Waals surface area contributed by atoms with E-state index in [2.05, 4.69) is 0 Å². The first-order valence-corrected chi connectivity index (χ1v) is 6.49. The minimum atomic E-state index is -0.818. The Labute approximate surface area is 114 Å². The molecule has 2 atom stereocenters. The zero-order valence-corrected chi connectivity index (χ0v) is 12.2. The molecule has 0 heterocycles. The van der Waals surface area contributed by atoms with Gasteiger partial charge in [-0.3, -0.25) is 4.79 Å². The molecular formula is C14H21ClN2O. The third-order valence-corrected chi connectivity index (χ3v) is 3.69. The van der Waals surface area contributed by atoms with Gasteiger partial charge in [0.05, 0.1) is 11.6 Å². The SMILES string of the molecule is CCC(C)(N)C(=O)N(C)C(C)c1cccc(Cl)c1. The van der Waals surface area contributed by atoms with Gasteiger partial charge in [0.2, 0.25) is 5.91 Å². The van der Waals surface area contributed by atoms with Crippen molar-refractivity contribution in [2.24, 2.45) is 5.73 Å². The van der Waals surface area contributed by atoms with Gasteiger partial charge in [0.1, 0.15) is 0 Å². The molecule has 0 saturated heterocycles. The summed E-state index contributed by atoms with van der Waals surface area (Å²) in [7, 11) is 1.77. The molecule has 0 aromatic heterocycles. The number of hydrogen-bond acceptors (Lipinski definition) is 2. The van der Waals surface area contributed by atoms with Crippen molar-refractivity contribution in [3.05, 3.63) is 34.9 Å². The minimum Gasteiger partial charge on any atom is -0.337 e. The van der Waals surface area contributed by atoms with Crippen LogP contribution in [0.15, 0.2) is 24.3 Å². The number of nitrogens with two attached hydrogens (primary N) is 1. The number of amides is 1. The molecule has 2 unspecified atom stereocenters. The number of halogens is 1. The van der Waals surface area contributed by atoms with Gasteiger partial charge in [-0.15, -0.1) is 0 Å². The van der Waals surface area contributed by atoms with Crippen LogP contribution in [-0.4, -0.2) is 23.4 Å². The van der Waals surface area contributed by atoms with E-state index >= 15 is 0 Å². The second-order valence-corrected chi connectivity index (χ2v) is 5.35. The first-order chi connectivity index (χ1) is 8.29. The van der Waals surface area contributed by atoms with E-state index < -0.39 is 5.54 Å². The summed E-state index contributed by atoms with van der Waals surface area (Å²) in [6.07, 6.45) is 0.610. The van der Waals surface area contributed by atoms with Crippen LogP contribution in [0.1, 0.15) is 38.8 Å². The van der Waals surface area contributed by atoms with E-state index in [1.165, 1.54) is 0 Å². The highest BCUT2D eigenvalue weighted by molar-refractivity contribution is 6.30. The Morgan fingerprint density at radius 1 is 1.56 bits per heavy atom. The first-order valence-electron chi connectivity index (χ1n) is 6.11. The molecule has 2 N–H and O–H groups in total. The van der Waals surface area contributed by atoms with Gasteiger partial charge in [0.25, 0.3) is 0 Å². The van der Waals surface area contributed by atoms with Crippen molar-refractivity contribution in [3.8, 4) is 0 Å². The van der Waals surface area contributed by atoms with Crippen molar-refractivity contribution in [2.45, 2.75) is 38.8 Å². The van der Waals surface area contributed by atoms with E-state index in [0.29, 0.717) is 11.4 Å². The Kier molecular flexibility index (Phi) is 4.77. The fourth-order valence-electron chi connectivity index (χ4n) is 1.72. The summed E-state index contributed by atoms with van der Waals surface area (Å²) in [5, 5.41) is 0.672. The second-order valence-electron chi connectivity index (χ2n) is 4.92. The standard InChI is InChI=1S/C14H21ClN2O/c1-5-14(3,16)13(18)17(4)10(2)11-7-6-8-12(15)9-11/h6-10H,5,16H2,1-4H3. The van der Waals surface area contributed by atoms with Crippen LogP contribution < -0.4 is 5.73 Å². The van der Waals surface area contributed by atoms with Crippen molar-refractivity contribution in [1.82, 2.24) is 4.90 Å². The smallest absolute Gasteiger partial charge is 0.242 e. The monoisotopic (exact) mass is 268 g/mol. The zero-order chi connectivity index (χ0) is 13.9. The molecule has 3 nitrogen and oxygen atoms in total. The molecule has 1 rings (SSSR count). The van der Waals surface area contributed by atoms with Gasteiger partial charge in [-0.1, -0.05) is 30.7 Å². The predicted octanol–water partition coefficient (Wildman–Crippen LogP) is 2.99. The fourth-order valence-corrected chi connectivity index (χ4v) is 1.92. The van der Waals surface area contributed by atoms with E-state index in [1.807, 2.05) is 38.1 Å². The number of rotatable bonds is 4. The Balaban J connectivity index is 2.91. The van der Waals surface area contributed by atoms with Crippen molar-refractivity contribution < 1.29 is 4.79 Å². The largest absolute Gasteiger partial charge is 0.337 e. The lowest BCUT2D eigenvalue weighted by molar-refractivity contribution is -0.137. The van der Waals surface area contributed by atoms with Gasteiger partial charge >= 0.3 is 0 Å². The Morgan fingerprint density at radius 3 is 2.67 bits per heavy atom. The number of likely N-dealkylation sites (N-methyl/N-ethyl adjacent to an activating group) is 1. The fraction of sp³-hybridized carbons (Fsp3) is 0.500. The molecule has 4 heteroatoms. The number of hydrogen-bond donors (Lipinski definition) is 1. The van der Waals surface area contributed by atoms with Crippen LogP contribution in [0.3, 0.4) is 0 Å². The quantitative estimate of drug-likeness (QED) is 0.913. The number of nitrogens with zero attached hydrogens (tertiary/aromatic N) is 1. The van der Waals surface area contributed by atoms with E-state index in [9.17, 15) is 4.79 Å². The molecule has 0 saturated carbocycles. The lowest BCUT2D eigenvalue weighted by atomic mass is 9.97. The van der Waals surface area contributed by atoms with Gasteiger partial charge in [-0.25, -0.2) is 0 Å². The van der Waals surface area contributed by atoms with Crippen molar-refractivity contribution in [1.29, 1.82) is 0 Å². The molecule has 0 radical (unpaired) electrons. The number of carbonyl (C=O) groups excluding carboxylic acids is 1. The predicted molar refractivity (Wildman–Crippen MR) is 75.5 cm³/mol. The maximum absolute atomic E-state index is 12.3. The highest BCUT2D eigenvalue weighted by Crippen LogP contribution is 2.24. The average Bonchev–Trinajstić information content (AvgIpc) is 2.36. The highest BCUT2D eigenvalue weighted by atomic mass is 35.5. The summed E-state index contributed by atoms with van der Waals surface area (Å²) in [5.41, 5.74) is 6.18. The van der Waals surface area contributed by atoms with Gasteiger partial charge in [-0.05, 0) is 38.0 Å². The Hall–Kier alpha value is -1.06. The number of carbonyl (C=O) groups is 1. The first kappa shape index (κ1) is 15.0. The molecule has 100 valence electrons. The van der Waals surface area contributed by atoms with E-state index in [4.69, 9.17) is 17.3 Å². The summed E-state index contributed by atoms with van der Waals surface area (Å²) < 4.78 is 0. The van der Waals surface area contributed by atoms with Gasteiger partial charge < -0.3 is 10.6 Å². The van der Waals surface area contributed by atoms with E-state index in [-0.39, 0.29) is 11.9 Å². The molecule has 18 heavy (non-hydrogen) atoms. The normalized spacial score (nSPS) is 15.9. The molecule has 0 fully saturated rings. The summed E-state index contributed by atoms with van der Waals surface area (Å²) in [5.74, 6) is -0.0579. The van der Waals surface area contributed by atoms with Crippen LogP contribution in [0.5, 0.6) is 0 Å². The Morgan fingerprint density at radius 2 is 2.17 bits per heavy atom. The van der Waals surface area contributed by atoms with Crippen LogP contribution in [0.2, 0.25) is 5.02 Å².